The van der Waals surface area contributed by atoms with E-state index < -0.39 is 17.8 Å². The number of thiophene rings is 1. The van der Waals surface area contributed by atoms with Crippen LogP contribution in [0, 0.1) is 0 Å². The second-order valence-corrected chi connectivity index (χ2v) is 2.92. The molecule has 0 aliphatic heterocycles. The number of alkyl halides is 3. The Kier molecular flexibility index (Phi) is 2.70. The maximum Gasteiger partial charge on any atom is 0.445 e. The van der Waals surface area contributed by atoms with Gasteiger partial charge in [0.05, 0.1) is 0 Å². The van der Waals surface area contributed by atoms with Crippen LogP contribution in [-0.4, -0.2) is 6.18 Å². The zero-order valence-electron chi connectivity index (χ0n) is 6.03. The smallest absolute Gasteiger partial charge is 0.203 e. The average molecular weight is 214 g/mol. The summed E-state index contributed by atoms with van der Waals surface area (Å²) in [5.74, 6) is -4.56. The summed E-state index contributed by atoms with van der Waals surface area (Å²) in [5, 5.41) is 2.46. The van der Waals surface area contributed by atoms with E-state index in [0.29, 0.717) is 0 Å². The van der Waals surface area contributed by atoms with E-state index in [4.69, 9.17) is 0 Å². The number of rotatable bonds is 1. The molecule has 1 aromatic rings. The molecule has 0 aliphatic rings. The Morgan fingerprint density at radius 2 is 1.85 bits per heavy atom. The van der Waals surface area contributed by atoms with Crippen LogP contribution in [0.15, 0.2) is 22.7 Å². The molecule has 1 rings (SSSR count). The monoisotopic (exact) mass is 214 g/mol. The van der Waals surface area contributed by atoms with Crippen LogP contribution in [-0.2, 0) is 0 Å². The van der Waals surface area contributed by atoms with Gasteiger partial charge in [0.15, 0.2) is 5.83 Å². The first-order chi connectivity index (χ1) is 5.93. The van der Waals surface area contributed by atoms with Crippen molar-refractivity contribution in [1.29, 1.82) is 0 Å². The second kappa shape index (κ2) is 3.45. The molecular weight excluding hydrogens is 211 g/mol. The highest BCUT2D eigenvalue weighted by Gasteiger charge is 2.38. The van der Waals surface area contributed by atoms with Gasteiger partial charge in [-0.15, -0.1) is 0 Å². The minimum absolute atomic E-state index is 0.389. The molecule has 0 bridgehead atoms. The minimum Gasteiger partial charge on any atom is -0.203 e. The summed E-state index contributed by atoms with van der Waals surface area (Å²) in [6.07, 6.45) is -5.26. The molecule has 0 nitrogen and oxygen atoms in total. The molecule has 0 N–H and O–H groups in total. The number of hydrogen-bond acceptors (Lipinski definition) is 1. The van der Waals surface area contributed by atoms with Crippen LogP contribution in [0.25, 0.3) is 5.83 Å². The number of halogens is 5. The van der Waals surface area contributed by atoms with Gasteiger partial charge in [-0.25, -0.2) is 4.39 Å². The first kappa shape index (κ1) is 10.2. The normalized spacial score (nSPS) is 14.2. The zero-order chi connectivity index (χ0) is 10.1. The molecule has 6 heteroatoms. The fourth-order valence-corrected chi connectivity index (χ4v) is 1.27. The van der Waals surface area contributed by atoms with Gasteiger partial charge in [0.25, 0.3) is 0 Å². The Labute approximate surface area is 74.3 Å². The maximum atomic E-state index is 12.6. The van der Waals surface area contributed by atoms with Crippen LogP contribution in [0.5, 0.6) is 0 Å². The van der Waals surface area contributed by atoms with Crippen molar-refractivity contribution in [2.45, 2.75) is 6.18 Å². The highest BCUT2D eigenvalue weighted by molar-refractivity contribution is 7.08. The Balaban J connectivity index is 3.07. The van der Waals surface area contributed by atoms with Gasteiger partial charge in [0, 0.05) is 10.9 Å². The molecule has 0 atom stereocenters. The van der Waals surface area contributed by atoms with Gasteiger partial charge >= 0.3 is 6.18 Å². The van der Waals surface area contributed by atoms with E-state index in [-0.39, 0.29) is 5.56 Å². The summed E-state index contributed by atoms with van der Waals surface area (Å²) in [6, 6.07) is 1.07. The van der Waals surface area contributed by atoms with Gasteiger partial charge in [0.2, 0.25) is 5.83 Å². The lowest BCUT2D eigenvalue weighted by molar-refractivity contribution is -0.108. The van der Waals surface area contributed by atoms with Crippen LogP contribution in [0.1, 0.15) is 5.56 Å². The second-order valence-electron chi connectivity index (χ2n) is 2.14. The molecule has 0 aromatic carbocycles. The van der Waals surface area contributed by atoms with E-state index in [9.17, 15) is 22.0 Å². The topological polar surface area (TPSA) is 0 Å². The summed E-state index contributed by atoms with van der Waals surface area (Å²) in [7, 11) is 0. The van der Waals surface area contributed by atoms with Gasteiger partial charge in [-0.2, -0.15) is 28.9 Å². The summed E-state index contributed by atoms with van der Waals surface area (Å²) in [4.78, 5) is 0. The van der Waals surface area contributed by atoms with Crippen LogP contribution >= 0.6 is 11.3 Å². The summed E-state index contributed by atoms with van der Waals surface area (Å²) in [6.45, 7) is 0. The molecule has 1 aromatic heterocycles. The Morgan fingerprint density at radius 3 is 2.23 bits per heavy atom. The molecule has 0 saturated heterocycles. The number of allylic oxidation sites excluding steroid dienone is 1. The molecule has 0 fully saturated rings. The first-order valence-electron chi connectivity index (χ1n) is 3.08. The van der Waals surface area contributed by atoms with Crippen LogP contribution in [0.2, 0.25) is 0 Å². The van der Waals surface area contributed by atoms with Crippen molar-refractivity contribution in [3.8, 4) is 0 Å². The third-order valence-corrected chi connectivity index (χ3v) is 1.90. The summed E-state index contributed by atoms with van der Waals surface area (Å²) < 4.78 is 59.8. The molecule has 0 saturated carbocycles. The van der Waals surface area contributed by atoms with Gasteiger partial charge < -0.3 is 0 Å². The van der Waals surface area contributed by atoms with E-state index in [2.05, 4.69) is 0 Å². The third-order valence-electron chi connectivity index (χ3n) is 1.22. The highest BCUT2D eigenvalue weighted by atomic mass is 32.1. The average Bonchev–Trinajstić information content (AvgIpc) is 2.51. The highest BCUT2D eigenvalue weighted by Crippen LogP contribution is 2.34. The van der Waals surface area contributed by atoms with E-state index >= 15 is 0 Å². The Bertz CT molecular complexity index is 308. The molecular formula is C7H3F5S. The lowest BCUT2D eigenvalue weighted by Crippen LogP contribution is -2.08. The van der Waals surface area contributed by atoms with E-state index in [0.717, 1.165) is 22.8 Å². The van der Waals surface area contributed by atoms with Gasteiger partial charge in [-0.1, -0.05) is 0 Å². The quantitative estimate of drug-likeness (QED) is 0.621. The van der Waals surface area contributed by atoms with Crippen LogP contribution < -0.4 is 0 Å². The molecule has 0 amide bonds. The fourth-order valence-electron chi connectivity index (χ4n) is 0.641. The molecule has 0 aliphatic carbocycles. The van der Waals surface area contributed by atoms with Crippen molar-refractivity contribution in [3.05, 3.63) is 28.2 Å². The molecule has 0 radical (unpaired) electrons. The standard InChI is InChI=1S/C7H3F5S/c8-5(4-1-2-13-3-4)6(9)7(10,11)12/h1-3H/b6-5-. The Morgan fingerprint density at radius 1 is 1.23 bits per heavy atom. The van der Waals surface area contributed by atoms with Crippen molar-refractivity contribution in [2.24, 2.45) is 0 Å². The molecule has 72 valence electrons. The van der Waals surface area contributed by atoms with Crippen molar-refractivity contribution in [3.63, 3.8) is 0 Å². The lowest BCUT2D eigenvalue weighted by atomic mass is 10.3. The zero-order valence-corrected chi connectivity index (χ0v) is 6.85. The fraction of sp³-hybridized carbons (Fsp3) is 0.143. The maximum absolute atomic E-state index is 12.6. The minimum atomic E-state index is -5.26. The van der Waals surface area contributed by atoms with Crippen molar-refractivity contribution >= 4 is 17.2 Å². The summed E-state index contributed by atoms with van der Waals surface area (Å²) in [5.41, 5.74) is -0.389. The Hall–Kier alpha value is -0.910. The van der Waals surface area contributed by atoms with Gasteiger partial charge in [0.1, 0.15) is 0 Å². The van der Waals surface area contributed by atoms with Crippen molar-refractivity contribution in [1.82, 2.24) is 0 Å². The molecule has 0 spiro atoms. The van der Waals surface area contributed by atoms with Crippen LogP contribution in [0.3, 0.4) is 0 Å². The largest absolute Gasteiger partial charge is 0.445 e. The number of hydrogen-bond donors (Lipinski definition) is 0. The van der Waals surface area contributed by atoms with Gasteiger partial charge in [-0.05, 0) is 11.4 Å². The van der Waals surface area contributed by atoms with E-state index in [1.54, 1.807) is 0 Å². The van der Waals surface area contributed by atoms with Crippen LogP contribution in [0.4, 0.5) is 22.0 Å². The van der Waals surface area contributed by atoms with Crippen molar-refractivity contribution < 1.29 is 22.0 Å². The van der Waals surface area contributed by atoms with Gasteiger partial charge in [-0.3, -0.25) is 0 Å². The molecule has 1 heterocycles. The first-order valence-corrected chi connectivity index (χ1v) is 4.02. The lowest BCUT2D eigenvalue weighted by Gasteiger charge is -2.03. The van der Waals surface area contributed by atoms with Crippen molar-refractivity contribution in [2.75, 3.05) is 0 Å². The third kappa shape index (κ3) is 2.27. The summed E-state index contributed by atoms with van der Waals surface area (Å²) >= 11 is 0.988. The molecule has 0 unspecified atom stereocenters. The SMILES string of the molecule is F/C(=C(\F)C(F)(F)F)c1ccsc1. The predicted molar refractivity (Wildman–Crippen MR) is 39.5 cm³/mol. The van der Waals surface area contributed by atoms with E-state index in [1.807, 2.05) is 0 Å². The molecule has 13 heavy (non-hydrogen) atoms. The predicted octanol–water partition coefficient (Wildman–Crippen LogP) is 3.92. The van der Waals surface area contributed by atoms with E-state index in [1.165, 1.54) is 5.38 Å².